The summed E-state index contributed by atoms with van der Waals surface area (Å²) in [4.78, 5) is 0. The SMILES string of the molecule is CNCC1(C(F)F)CC1. The minimum atomic E-state index is -2.13. The lowest BCUT2D eigenvalue weighted by molar-refractivity contribution is 0.0625. The number of rotatable bonds is 3. The smallest absolute Gasteiger partial charge is 0.245 e. The Bertz CT molecular complexity index is 99.2. The molecule has 0 saturated heterocycles. The van der Waals surface area contributed by atoms with Crippen LogP contribution in [0.5, 0.6) is 0 Å². The second-order valence-electron chi connectivity index (χ2n) is 2.69. The molecule has 1 fully saturated rings. The minimum Gasteiger partial charge on any atom is -0.319 e. The van der Waals surface area contributed by atoms with E-state index in [0.717, 1.165) is 0 Å². The van der Waals surface area contributed by atoms with Crippen molar-refractivity contribution in [1.29, 1.82) is 0 Å². The highest BCUT2D eigenvalue weighted by atomic mass is 19.3. The lowest BCUT2D eigenvalue weighted by atomic mass is 10.1. The molecular formula is C6H11F2N. The topological polar surface area (TPSA) is 12.0 Å². The predicted molar refractivity (Wildman–Crippen MR) is 31.6 cm³/mol. The van der Waals surface area contributed by atoms with Crippen molar-refractivity contribution in [1.82, 2.24) is 5.32 Å². The van der Waals surface area contributed by atoms with E-state index in [-0.39, 0.29) is 0 Å². The van der Waals surface area contributed by atoms with Crippen molar-refractivity contribution in [2.45, 2.75) is 19.3 Å². The fourth-order valence-corrected chi connectivity index (χ4v) is 0.985. The van der Waals surface area contributed by atoms with Crippen LogP contribution in [0.1, 0.15) is 12.8 Å². The summed E-state index contributed by atoms with van der Waals surface area (Å²) < 4.78 is 24.0. The van der Waals surface area contributed by atoms with Gasteiger partial charge in [-0.15, -0.1) is 0 Å². The van der Waals surface area contributed by atoms with Crippen LogP contribution in [0.25, 0.3) is 0 Å². The number of nitrogens with one attached hydrogen (secondary N) is 1. The van der Waals surface area contributed by atoms with Crippen molar-refractivity contribution in [2.75, 3.05) is 13.6 Å². The molecule has 9 heavy (non-hydrogen) atoms. The van der Waals surface area contributed by atoms with Crippen molar-refractivity contribution in [3.05, 3.63) is 0 Å². The van der Waals surface area contributed by atoms with Crippen LogP contribution >= 0.6 is 0 Å². The van der Waals surface area contributed by atoms with Crippen molar-refractivity contribution in [3.8, 4) is 0 Å². The first-order valence-corrected chi connectivity index (χ1v) is 3.14. The molecule has 1 aliphatic rings. The van der Waals surface area contributed by atoms with E-state index in [1.807, 2.05) is 0 Å². The van der Waals surface area contributed by atoms with E-state index in [2.05, 4.69) is 5.32 Å². The Morgan fingerprint density at radius 3 is 2.22 bits per heavy atom. The second-order valence-corrected chi connectivity index (χ2v) is 2.69. The fourth-order valence-electron chi connectivity index (χ4n) is 0.985. The summed E-state index contributed by atoms with van der Waals surface area (Å²) in [5.74, 6) is 0. The van der Waals surface area contributed by atoms with Gasteiger partial charge in [-0.25, -0.2) is 8.78 Å². The van der Waals surface area contributed by atoms with E-state index in [0.29, 0.717) is 19.4 Å². The molecule has 1 N–H and O–H groups in total. The van der Waals surface area contributed by atoms with Gasteiger partial charge < -0.3 is 5.32 Å². The Morgan fingerprint density at radius 1 is 1.56 bits per heavy atom. The summed E-state index contributed by atoms with van der Waals surface area (Å²) in [6.07, 6.45) is -0.762. The third-order valence-corrected chi connectivity index (χ3v) is 1.88. The summed E-state index contributed by atoms with van der Waals surface area (Å²) in [5.41, 5.74) is -0.644. The lowest BCUT2D eigenvalue weighted by Crippen LogP contribution is -2.26. The fraction of sp³-hybridized carbons (Fsp3) is 1.00. The van der Waals surface area contributed by atoms with Gasteiger partial charge in [0.2, 0.25) is 6.43 Å². The lowest BCUT2D eigenvalue weighted by Gasteiger charge is -2.11. The zero-order valence-electron chi connectivity index (χ0n) is 5.45. The van der Waals surface area contributed by atoms with Crippen molar-refractivity contribution in [2.24, 2.45) is 5.41 Å². The molecule has 1 nitrogen and oxygen atoms in total. The van der Waals surface area contributed by atoms with Gasteiger partial charge >= 0.3 is 0 Å². The van der Waals surface area contributed by atoms with Crippen LogP contribution in [-0.4, -0.2) is 20.0 Å². The highest BCUT2D eigenvalue weighted by Gasteiger charge is 2.50. The summed E-state index contributed by atoms with van der Waals surface area (Å²) in [7, 11) is 1.71. The third-order valence-electron chi connectivity index (χ3n) is 1.88. The minimum absolute atomic E-state index is 0.463. The maximum Gasteiger partial charge on any atom is 0.245 e. The molecule has 1 rings (SSSR count). The monoisotopic (exact) mass is 135 g/mol. The van der Waals surface area contributed by atoms with E-state index < -0.39 is 11.8 Å². The van der Waals surface area contributed by atoms with Crippen LogP contribution in [0.2, 0.25) is 0 Å². The van der Waals surface area contributed by atoms with Crippen LogP contribution in [0.15, 0.2) is 0 Å². The van der Waals surface area contributed by atoms with E-state index >= 15 is 0 Å². The average Bonchev–Trinajstić information content (AvgIpc) is 2.49. The molecule has 0 spiro atoms. The highest BCUT2D eigenvalue weighted by Crippen LogP contribution is 2.49. The van der Waals surface area contributed by atoms with Crippen LogP contribution in [0, 0.1) is 5.41 Å². The number of hydrogen-bond donors (Lipinski definition) is 1. The molecule has 0 atom stereocenters. The first-order valence-electron chi connectivity index (χ1n) is 3.14. The largest absolute Gasteiger partial charge is 0.319 e. The van der Waals surface area contributed by atoms with Gasteiger partial charge in [0.05, 0.1) is 0 Å². The zero-order valence-corrected chi connectivity index (χ0v) is 5.45. The molecule has 54 valence electrons. The first kappa shape index (κ1) is 6.93. The van der Waals surface area contributed by atoms with E-state index in [4.69, 9.17) is 0 Å². The Balaban J connectivity index is 2.33. The Kier molecular flexibility index (Phi) is 1.70. The zero-order chi connectivity index (χ0) is 6.91. The highest BCUT2D eigenvalue weighted by molar-refractivity contribution is 4.96. The summed E-state index contributed by atoms with van der Waals surface area (Å²) >= 11 is 0. The van der Waals surface area contributed by atoms with Crippen LogP contribution < -0.4 is 5.32 Å². The van der Waals surface area contributed by atoms with Crippen LogP contribution in [-0.2, 0) is 0 Å². The predicted octanol–water partition coefficient (Wildman–Crippen LogP) is 1.25. The Morgan fingerprint density at radius 2 is 2.11 bits per heavy atom. The molecule has 0 aromatic heterocycles. The summed E-state index contributed by atoms with van der Waals surface area (Å²) in [5, 5.41) is 2.77. The van der Waals surface area contributed by atoms with Crippen LogP contribution in [0.3, 0.4) is 0 Å². The molecular weight excluding hydrogens is 124 g/mol. The van der Waals surface area contributed by atoms with Gasteiger partial charge in [-0.3, -0.25) is 0 Å². The molecule has 1 saturated carbocycles. The van der Waals surface area contributed by atoms with Crippen molar-refractivity contribution < 1.29 is 8.78 Å². The van der Waals surface area contributed by atoms with E-state index in [1.54, 1.807) is 7.05 Å². The van der Waals surface area contributed by atoms with Gasteiger partial charge in [0.15, 0.2) is 0 Å². The molecule has 0 heterocycles. The van der Waals surface area contributed by atoms with Gasteiger partial charge in [0.25, 0.3) is 0 Å². The number of halogens is 2. The van der Waals surface area contributed by atoms with Gasteiger partial charge in [0, 0.05) is 12.0 Å². The van der Waals surface area contributed by atoms with Gasteiger partial charge in [0.1, 0.15) is 0 Å². The van der Waals surface area contributed by atoms with Gasteiger partial charge in [-0.1, -0.05) is 0 Å². The summed E-state index contributed by atoms with van der Waals surface area (Å²) in [6.45, 7) is 0.463. The Hall–Kier alpha value is -0.180. The third kappa shape index (κ3) is 1.21. The first-order chi connectivity index (χ1) is 4.21. The molecule has 0 aromatic carbocycles. The molecule has 3 heteroatoms. The maximum atomic E-state index is 12.0. The molecule has 1 aliphatic carbocycles. The quantitative estimate of drug-likeness (QED) is 0.614. The average molecular weight is 135 g/mol. The molecule has 0 unspecified atom stereocenters. The molecule has 0 amide bonds. The Labute approximate surface area is 53.4 Å². The van der Waals surface area contributed by atoms with Gasteiger partial charge in [-0.05, 0) is 19.9 Å². The van der Waals surface area contributed by atoms with Crippen molar-refractivity contribution in [3.63, 3.8) is 0 Å². The normalized spacial score (nSPS) is 22.7. The second kappa shape index (κ2) is 2.21. The van der Waals surface area contributed by atoms with E-state index in [9.17, 15) is 8.78 Å². The van der Waals surface area contributed by atoms with E-state index in [1.165, 1.54) is 0 Å². The number of alkyl halides is 2. The van der Waals surface area contributed by atoms with Crippen molar-refractivity contribution >= 4 is 0 Å². The molecule has 0 aromatic rings. The summed E-state index contributed by atoms with van der Waals surface area (Å²) in [6, 6.07) is 0. The van der Waals surface area contributed by atoms with Gasteiger partial charge in [-0.2, -0.15) is 0 Å². The standard InChI is InChI=1S/C6H11F2N/c1-9-4-6(2-3-6)5(7)8/h5,9H,2-4H2,1H3. The molecule has 0 bridgehead atoms. The molecule has 0 radical (unpaired) electrons. The van der Waals surface area contributed by atoms with Crippen LogP contribution in [0.4, 0.5) is 8.78 Å². The number of hydrogen-bond acceptors (Lipinski definition) is 1. The maximum absolute atomic E-state index is 12.0. The molecule has 0 aliphatic heterocycles.